The molecule has 18 heteroatoms. The smallest absolute Gasteiger partial charge is 0.410 e. The van der Waals surface area contributed by atoms with Crippen LogP contribution in [-0.4, -0.2) is 102 Å². The summed E-state index contributed by atoms with van der Waals surface area (Å²) in [7, 11) is -4.63. The van der Waals surface area contributed by atoms with Crippen LogP contribution in [0.25, 0.3) is 0 Å². The summed E-state index contributed by atoms with van der Waals surface area (Å²) in [5, 5.41) is 2.71. The Labute approximate surface area is 317 Å². The first-order chi connectivity index (χ1) is 26.1. The average Bonchev–Trinajstić information content (AvgIpc) is 3.53. The molecule has 55 heavy (non-hydrogen) atoms. The first-order valence-corrected chi connectivity index (χ1v) is 20.5. The van der Waals surface area contributed by atoms with Crippen molar-refractivity contribution in [3.63, 3.8) is 0 Å². The second kappa shape index (κ2) is 15.4. The summed E-state index contributed by atoms with van der Waals surface area (Å²) in [5.74, 6) is -6.41. The van der Waals surface area contributed by atoms with Crippen LogP contribution in [0.3, 0.4) is 0 Å². The van der Waals surface area contributed by atoms with Gasteiger partial charge in [-0.05, 0) is 68.9 Å². The van der Waals surface area contributed by atoms with Crippen molar-refractivity contribution < 1.29 is 55.0 Å². The number of ether oxygens (including phenoxy) is 2. The monoisotopic (exact) mass is 793 g/mol. The molecule has 4 amide bonds. The number of carbonyl (C=O) groups is 5. The molecular weight excluding hydrogens is 747 g/mol. The maximum Gasteiger partial charge on any atom is 0.410 e. The van der Waals surface area contributed by atoms with Crippen LogP contribution in [0.4, 0.5) is 22.8 Å². The summed E-state index contributed by atoms with van der Waals surface area (Å²) in [5.41, 5.74) is -0.545. The van der Waals surface area contributed by atoms with E-state index in [0.29, 0.717) is 54.0 Å². The number of hydrogen-bond donors (Lipinski definition) is 2. The Kier molecular flexibility index (Phi) is 10.9. The highest BCUT2D eigenvalue weighted by molar-refractivity contribution is 7.87. The second-order valence-electron chi connectivity index (χ2n) is 15.7. The molecule has 1 aromatic rings. The number of Topliss-reactive ketones (excluding diaryl/α,β-unsaturated/α-hetero) is 1. The van der Waals surface area contributed by atoms with E-state index >= 15 is 0 Å². The second-order valence-corrected chi connectivity index (χ2v) is 17.4. The van der Waals surface area contributed by atoms with E-state index in [2.05, 4.69) is 5.32 Å². The first kappa shape index (κ1) is 39.1. The number of hydrogen-bond acceptors (Lipinski definition) is 9. The Balaban J connectivity index is 1.12. The predicted molar refractivity (Wildman–Crippen MR) is 188 cm³/mol. The number of fused-ring (bicyclic) bond motifs is 3. The number of nitrogens with one attached hydrogen (secondary N) is 2. The third-order valence-corrected chi connectivity index (χ3v) is 13.1. The van der Waals surface area contributed by atoms with Crippen LogP contribution in [0, 0.1) is 17.2 Å². The van der Waals surface area contributed by atoms with E-state index in [9.17, 15) is 45.6 Å². The topological polar surface area (TPSA) is 172 Å². The molecule has 2 aliphatic carbocycles. The number of rotatable bonds is 6. The van der Waals surface area contributed by atoms with Gasteiger partial charge < -0.3 is 19.7 Å². The van der Waals surface area contributed by atoms with Gasteiger partial charge in [0.05, 0.1) is 37.6 Å². The maximum absolute atomic E-state index is 14.4. The van der Waals surface area contributed by atoms with E-state index in [1.54, 1.807) is 18.2 Å². The van der Waals surface area contributed by atoms with Crippen molar-refractivity contribution in [3.8, 4) is 0 Å². The molecule has 0 radical (unpaired) electrons. The number of allylic oxidation sites excluding steroid dienone is 2. The lowest BCUT2D eigenvalue weighted by Gasteiger charge is -2.37. The van der Waals surface area contributed by atoms with Gasteiger partial charge >= 0.3 is 22.4 Å². The van der Waals surface area contributed by atoms with Gasteiger partial charge in [0, 0.05) is 24.9 Å². The molecule has 2 N–H and O–H groups in total. The molecule has 14 nitrogen and oxygen atoms in total. The van der Waals surface area contributed by atoms with Gasteiger partial charge in [-0.15, -0.1) is 0 Å². The minimum atomic E-state index is -4.63. The fourth-order valence-corrected chi connectivity index (χ4v) is 9.76. The lowest BCUT2D eigenvalue weighted by molar-refractivity contribution is -0.140. The van der Waals surface area contributed by atoms with Crippen molar-refractivity contribution in [1.29, 1.82) is 0 Å². The summed E-state index contributed by atoms with van der Waals surface area (Å²) >= 11 is 0. The first-order valence-electron chi connectivity index (χ1n) is 19.0. The normalized spacial score (nSPS) is 30.5. The van der Waals surface area contributed by atoms with E-state index < -0.39 is 101 Å². The molecule has 2 saturated heterocycles. The van der Waals surface area contributed by atoms with E-state index in [4.69, 9.17) is 9.47 Å². The molecule has 2 saturated carbocycles. The molecule has 5 atom stereocenters. The highest BCUT2D eigenvalue weighted by Crippen LogP contribution is 2.57. The van der Waals surface area contributed by atoms with Crippen molar-refractivity contribution in [3.05, 3.63) is 47.3 Å². The van der Waals surface area contributed by atoms with E-state index in [1.165, 1.54) is 15.9 Å². The Hall–Kier alpha value is -4.19. The largest absolute Gasteiger partial charge is 0.446 e. The summed E-state index contributed by atoms with van der Waals surface area (Å²) < 4.78 is 81.0. The van der Waals surface area contributed by atoms with Gasteiger partial charge in [-0.25, -0.2) is 27.5 Å². The number of alkyl carbamates (subject to hydrolysis) is 1. The molecular formula is C37H46F3N5O9S. The van der Waals surface area contributed by atoms with Crippen LogP contribution in [-0.2, 0) is 47.2 Å². The Bertz CT molecular complexity index is 1850. The minimum Gasteiger partial charge on any atom is -0.446 e. The molecule has 1 aromatic carbocycles. The summed E-state index contributed by atoms with van der Waals surface area (Å²) in [4.78, 5) is 71.4. The lowest BCUT2D eigenvalue weighted by Crippen LogP contribution is -2.62. The van der Waals surface area contributed by atoms with Gasteiger partial charge in [-0.3, -0.25) is 19.3 Å². The molecule has 4 heterocycles. The molecule has 300 valence electrons. The molecule has 4 fully saturated rings. The standard InChI is InChI=1S/C37H46F3N5O9S/c38-28-13-8-9-23-18-43(20-27(23)28)35(50)54-26-15-30-31(46)17-36(33(48)42-55(51,52)44-21-37(39,40)22-44)16-24(36)10-4-2-1-3-5-14-29(32(47)45(30)19-26)41-34(49)53-25-11-6-7-12-25/h4,8-10,13,24-26,29-30H,1-3,5-7,11-12,14-22H2,(H,41,49)(H,42,48)/b10-4-/t24-,26-,29+,30?,36-/m1/s1. The van der Waals surface area contributed by atoms with Gasteiger partial charge in [-0.2, -0.15) is 12.7 Å². The fourth-order valence-electron chi connectivity index (χ4n) is 8.48. The summed E-state index contributed by atoms with van der Waals surface area (Å²) in [6.45, 7) is -2.30. The van der Waals surface area contributed by atoms with Crippen LogP contribution in [0.2, 0.25) is 0 Å². The maximum atomic E-state index is 14.4. The predicted octanol–water partition coefficient (Wildman–Crippen LogP) is 4.08. The zero-order chi connectivity index (χ0) is 39.1. The lowest BCUT2D eigenvalue weighted by atomic mass is 9.91. The van der Waals surface area contributed by atoms with Crippen LogP contribution in [0.1, 0.15) is 88.2 Å². The number of alkyl halides is 2. The number of nitrogens with zero attached hydrogens (tertiary/aromatic N) is 3. The Morgan fingerprint density at radius 1 is 0.927 bits per heavy atom. The van der Waals surface area contributed by atoms with E-state index in [0.717, 1.165) is 12.8 Å². The number of amides is 4. The molecule has 0 aromatic heterocycles. The van der Waals surface area contributed by atoms with Crippen LogP contribution < -0.4 is 10.0 Å². The number of benzene rings is 1. The van der Waals surface area contributed by atoms with Gasteiger partial charge in [0.25, 0.3) is 5.92 Å². The number of carbonyl (C=O) groups excluding carboxylic acids is 5. The van der Waals surface area contributed by atoms with Gasteiger partial charge in [0.2, 0.25) is 11.8 Å². The van der Waals surface area contributed by atoms with Crippen LogP contribution >= 0.6 is 0 Å². The van der Waals surface area contributed by atoms with Crippen molar-refractivity contribution in [2.24, 2.45) is 11.3 Å². The van der Waals surface area contributed by atoms with Crippen LogP contribution in [0.15, 0.2) is 30.4 Å². The van der Waals surface area contributed by atoms with Crippen molar-refractivity contribution in [1.82, 2.24) is 24.1 Å². The van der Waals surface area contributed by atoms with Crippen molar-refractivity contribution >= 4 is 40.0 Å². The molecule has 0 bridgehead atoms. The summed E-state index contributed by atoms with van der Waals surface area (Å²) in [6.07, 6.45) is 6.36. The van der Waals surface area contributed by atoms with E-state index in [1.807, 2.05) is 10.8 Å². The SMILES string of the molecule is O=C(N[C@H]1CCCCC/C=C\[C@@H]2C[C@@]2(C(=O)NS(=O)(=O)N2CC(F)(F)C2)CC(=O)C2C[C@@H](OC(=O)N3Cc4cccc(F)c4C3)CN2C1=O)OC1CCCC1. The zero-order valence-corrected chi connectivity index (χ0v) is 31.2. The molecule has 4 aliphatic heterocycles. The Morgan fingerprint density at radius 3 is 2.40 bits per heavy atom. The van der Waals surface area contributed by atoms with Gasteiger partial charge in [0.15, 0.2) is 5.78 Å². The van der Waals surface area contributed by atoms with E-state index in [-0.39, 0.29) is 45.0 Å². The fraction of sp³-hybridized carbons (Fsp3) is 0.649. The third kappa shape index (κ3) is 8.49. The molecule has 7 rings (SSSR count). The zero-order valence-electron chi connectivity index (χ0n) is 30.4. The number of ketones is 1. The molecule has 1 unspecified atom stereocenters. The van der Waals surface area contributed by atoms with Crippen LogP contribution in [0.5, 0.6) is 0 Å². The minimum absolute atomic E-state index is 0.0296. The number of halogens is 3. The average molecular weight is 794 g/mol. The quantitative estimate of drug-likeness (QED) is 0.403. The van der Waals surface area contributed by atoms with Gasteiger partial charge in [0.1, 0.15) is 24.1 Å². The molecule has 6 aliphatic rings. The van der Waals surface area contributed by atoms with Gasteiger partial charge in [-0.1, -0.05) is 37.1 Å². The van der Waals surface area contributed by atoms with Crippen molar-refractivity contribution in [2.75, 3.05) is 19.6 Å². The highest BCUT2D eigenvalue weighted by atomic mass is 32.2. The molecule has 0 spiro atoms. The Morgan fingerprint density at radius 2 is 1.67 bits per heavy atom. The third-order valence-electron chi connectivity index (χ3n) is 11.7. The highest BCUT2D eigenvalue weighted by Gasteiger charge is 2.62. The van der Waals surface area contributed by atoms with Crippen molar-refractivity contribution in [2.45, 2.75) is 120 Å². The summed E-state index contributed by atoms with van der Waals surface area (Å²) in [6, 6.07) is 2.24.